The quantitative estimate of drug-likeness (QED) is 0.592. The molecule has 0 saturated carbocycles. The molecule has 3 aromatic rings. The Morgan fingerprint density at radius 1 is 1.19 bits per heavy atom. The fourth-order valence-corrected chi connectivity index (χ4v) is 4.82. The van der Waals surface area contributed by atoms with Gasteiger partial charge in [0, 0.05) is 36.2 Å². The van der Waals surface area contributed by atoms with Crippen LogP contribution in [0.2, 0.25) is 0 Å². The minimum atomic E-state index is -3.51. The molecule has 1 unspecified atom stereocenters. The first-order valence-electron chi connectivity index (χ1n) is 10.9. The molecule has 1 aliphatic heterocycles. The molecule has 1 aromatic carbocycles. The third kappa shape index (κ3) is 4.26. The zero-order valence-corrected chi connectivity index (χ0v) is 19.3. The Morgan fingerprint density at radius 3 is 2.66 bits per heavy atom. The van der Waals surface area contributed by atoms with Gasteiger partial charge in [0.15, 0.2) is 15.5 Å². The third-order valence-corrected chi connectivity index (χ3v) is 7.15. The second-order valence-corrected chi connectivity index (χ2v) is 10.4. The second kappa shape index (κ2) is 8.61. The maximum atomic E-state index is 14.7. The van der Waals surface area contributed by atoms with Gasteiger partial charge in [-0.15, -0.1) is 0 Å². The molecule has 9 heteroatoms. The number of fused-ring (bicyclic) bond motifs is 1. The summed E-state index contributed by atoms with van der Waals surface area (Å²) in [4.78, 5) is 19.6. The number of nitrogens with zero attached hydrogens (tertiary/aromatic N) is 4. The molecule has 0 spiro atoms. The number of hydrogen-bond donors (Lipinski definition) is 0. The summed E-state index contributed by atoms with van der Waals surface area (Å²) in [5, 5.41) is 4.49. The van der Waals surface area contributed by atoms with E-state index in [9.17, 15) is 17.6 Å². The van der Waals surface area contributed by atoms with E-state index in [1.165, 1.54) is 12.1 Å². The van der Waals surface area contributed by atoms with Gasteiger partial charge in [0.05, 0.1) is 10.6 Å². The lowest BCUT2D eigenvalue weighted by Crippen LogP contribution is -2.38. The molecule has 1 atom stereocenters. The molecule has 0 aliphatic carbocycles. The van der Waals surface area contributed by atoms with Crippen LogP contribution < -0.4 is 0 Å². The number of carbonyl (C=O) groups excluding carboxylic acids is 1. The van der Waals surface area contributed by atoms with E-state index in [2.05, 4.69) is 17.0 Å². The van der Waals surface area contributed by atoms with Gasteiger partial charge >= 0.3 is 0 Å². The number of aromatic nitrogens is 3. The predicted molar refractivity (Wildman–Crippen MR) is 120 cm³/mol. The number of likely N-dealkylation sites (tertiary alicyclic amines) is 1. The summed E-state index contributed by atoms with van der Waals surface area (Å²) in [6, 6.07) is 7.31. The Morgan fingerprint density at radius 2 is 1.97 bits per heavy atom. The minimum absolute atomic E-state index is 0.0886. The smallest absolute Gasteiger partial charge is 0.272 e. The number of sulfone groups is 1. The molecule has 0 radical (unpaired) electrons. The topological polar surface area (TPSA) is 84.6 Å². The average Bonchev–Trinajstić information content (AvgIpc) is 3.06. The van der Waals surface area contributed by atoms with Crippen LogP contribution in [0, 0.1) is 5.82 Å². The molecule has 0 bridgehead atoms. The van der Waals surface area contributed by atoms with E-state index in [4.69, 9.17) is 0 Å². The molecule has 1 aliphatic rings. The average molecular weight is 459 g/mol. The van der Waals surface area contributed by atoms with Gasteiger partial charge in [-0.2, -0.15) is 5.10 Å². The van der Waals surface area contributed by atoms with E-state index >= 15 is 0 Å². The summed E-state index contributed by atoms with van der Waals surface area (Å²) in [6.45, 7) is 4.75. The lowest BCUT2D eigenvalue weighted by atomic mass is 10.1. The highest BCUT2D eigenvalue weighted by Gasteiger charge is 2.25. The van der Waals surface area contributed by atoms with E-state index in [0.717, 1.165) is 50.2 Å². The fraction of sp³-hybridized carbons (Fsp3) is 0.435. The van der Waals surface area contributed by atoms with Crippen LogP contribution in [0.3, 0.4) is 0 Å². The van der Waals surface area contributed by atoms with E-state index < -0.39 is 15.7 Å². The standard InChI is InChI=1S/C23H27FN4O3S/c1-4-16-12-21(23(29)27-11-7-5-6-8-15(27)2)25-22-14-20(26-28(16)22)18-10-9-17(13-19(18)24)32(3,30)31/h9-10,12-15H,4-8,11H2,1-3H3. The van der Waals surface area contributed by atoms with Crippen molar-refractivity contribution in [3.8, 4) is 11.3 Å². The Kier molecular flexibility index (Phi) is 6.03. The van der Waals surface area contributed by atoms with Crippen molar-refractivity contribution in [3.63, 3.8) is 0 Å². The van der Waals surface area contributed by atoms with Crippen LogP contribution in [0.25, 0.3) is 16.9 Å². The van der Waals surface area contributed by atoms with Gasteiger partial charge in [0.2, 0.25) is 0 Å². The van der Waals surface area contributed by atoms with Crippen molar-refractivity contribution in [3.05, 3.63) is 47.5 Å². The van der Waals surface area contributed by atoms with Gasteiger partial charge < -0.3 is 4.90 Å². The van der Waals surface area contributed by atoms with Crippen molar-refractivity contribution in [2.75, 3.05) is 12.8 Å². The monoisotopic (exact) mass is 458 g/mol. The largest absolute Gasteiger partial charge is 0.335 e. The van der Waals surface area contributed by atoms with E-state index in [-0.39, 0.29) is 22.4 Å². The van der Waals surface area contributed by atoms with Gasteiger partial charge in [0.25, 0.3) is 5.91 Å². The number of rotatable bonds is 4. The molecule has 2 aromatic heterocycles. The maximum absolute atomic E-state index is 14.7. The van der Waals surface area contributed by atoms with Gasteiger partial charge in [0.1, 0.15) is 11.5 Å². The number of benzene rings is 1. The fourth-order valence-electron chi connectivity index (χ4n) is 4.19. The third-order valence-electron chi connectivity index (χ3n) is 6.04. The highest BCUT2D eigenvalue weighted by molar-refractivity contribution is 7.90. The van der Waals surface area contributed by atoms with Crippen molar-refractivity contribution in [1.82, 2.24) is 19.5 Å². The second-order valence-electron chi connectivity index (χ2n) is 8.40. The first-order valence-corrected chi connectivity index (χ1v) is 12.8. The van der Waals surface area contributed by atoms with Crippen molar-refractivity contribution >= 4 is 21.4 Å². The summed E-state index contributed by atoms with van der Waals surface area (Å²) in [7, 11) is -3.51. The normalized spacial score (nSPS) is 17.5. The van der Waals surface area contributed by atoms with Crippen LogP contribution in [0.1, 0.15) is 55.7 Å². The van der Waals surface area contributed by atoms with Crippen molar-refractivity contribution in [2.45, 2.75) is 56.9 Å². The first kappa shape index (κ1) is 22.4. The highest BCUT2D eigenvalue weighted by Crippen LogP contribution is 2.26. The molecular formula is C23H27FN4O3S. The van der Waals surface area contributed by atoms with E-state index in [0.29, 0.717) is 23.5 Å². The number of carbonyl (C=O) groups is 1. The van der Waals surface area contributed by atoms with Crippen LogP contribution in [0.15, 0.2) is 35.2 Å². The predicted octanol–water partition coefficient (Wildman–Crippen LogP) is 3.91. The zero-order chi connectivity index (χ0) is 23.0. The Hall–Kier alpha value is -2.81. The van der Waals surface area contributed by atoms with Crippen molar-refractivity contribution in [2.24, 2.45) is 0 Å². The SMILES string of the molecule is CCc1cc(C(=O)N2CCCCCC2C)nc2cc(-c3ccc(S(C)(=O)=O)cc3F)nn12. The van der Waals surface area contributed by atoms with Crippen LogP contribution in [0.5, 0.6) is 0 Å². The maximum Gasteiger partial charge on any atom is 0.272 e. The molecule has 3 heterocycles. The summed E-state index contributed by atoms with van der Waals surface area (Å²) >= 11 is 0. The molecule has 170 valence electrons. The van der Waals surface area contributed by atoms with E-state index in [1.54, 1.807) is 16.6 Å². The van der Waals surface area contributed by atoms with Crippen LogP contribution in [-0.4, -0.2) is 52.7 Å². The Labute approximate surface area is 187 Å². The number of amides is 1. The molecule has 4 rings (SSSR count). The van der Waals surface area contributed by atoms with Gasteiger partial charge in [-0.3, -0.25) is 4.79 Å². The molecule has 1 fully saturated rings. The summed E-state index contributed by atoms with van der Waals surface area (Å²) in [5.74, 6) is -0.771. The number of halogens is 1. The Balaban J connectivity index is 1.75. The number of hydrogen-bond acceptors (Lipinski definition) is 5. The van der Waals surface area contributed by atoms with Crippen LogP contribution >= 0.6 is 0 Å². The van der Waals surface area contributed by atoms with Crippen LogP contribution in [-0.2, 0) is 16.3 Å². The summed E-state index contributed by atoms with van der Waals surface area (Å²) in [6.07, 6.45) is 5.86. The highest BCUT2D eigenvalue weighted by atomic mass is 32.2. The molecular weight excluding hydrogens is 431 g/mol. The van der Waals surface area contributed by atoms with Gasteiger partial charge in [-0.1, -0.05) is 19.8 Å². The van der Waals surface area contributed by atoms with Crippen molar-refractivity contribution in [1.29, 1.82) is 0 Å². The van der Waals surface area contributed by atoms with E-state index in [1.807, 2.05) is 11.8 Å². The molecule has 1 amide bonds. The number of aryl methyl sites for hydroxylation is 1. The molecule has 1 saturated heterocycles. The minimum Gasteiger partial charge on any atom is -0.335 e. The van der Waals surface area contributed by atoms with Gasteiger partial charge in [-0.05, 0) is 50.5 Å². The summed E-state index contributed by atoms with van der Waals surface area (Å²) in [5.41, 5.74) is 2.12. The van der Waals surface area contributed by atoms with Crippen molar-refractivity contribution < 1.29 is 17.6 Å². The summed E-state index contributed by atoms with van der Waals surface area (Å²) < 4.78 is 39.7. The van der Waals surface area contributed by atoms with Gasteiger partial charge in [-0.25, -0.2) is 22.3 Å². The molecule has 0 N–H and O–H groups in total. The Bertz CT molecular complexity index is 1290. The molecule has 32 heavy (non-hydrogen) atoms. The van der Waals surface area contributed by atoms with Crippen LogP contribution in [0.4, 0.5) is 4.39 Å². The lowest BCUT2D eigenvalue weighted by molar-refractivity contribution is 0.0692. The molecule has 7 nitrogen and oxygen atoms in total. The first-order chi connectivity index (χ1) is 15.2. The zero-order valence-electron chi connectivity index (χ0n) is 18.5. The lowest BCUT2D eigenvalue weighted by Gasteiger charge is -2.27.